The molecule has 0 unspecified atom stereocenters. The van der Waals surface area contributed by atoms with Crippen LogP contribution in [-0.2, 0) is 11.2 Å². The van der Waals surface area contributed by atoms with Gasteiger partial charge >= 0.3 is 5.97 Å². The number of rotatable bonds is 6. The Labute approximate surface area is 164 Å². The number of allylic oxidation sites excluding steroid dienone is 1. The first kappa shape index (κ1) is 19.5. The van der Waals surface area contributed by atoms with Crippen molar-refractivity contribution in [2.45, 2.75) is 33.3 Å². The van der Waals surface area contributed by atoms with Crippen LogP contribution in [-0.4, -0.2) is 22.3 Å². The molecule has 4 heteroatoms. The lowest BCUT2D eigenvalue weighted by molar-refractivity contribution is -0.130. The Kier molecular flexibility index (Phi) is 5.69. The molecule has 0 aliphatic heterocycles. The molecule has 0 heterocycles. The number of phenolic OH excluding ortho intramolecular Hbond substituents is 1. The van der Waals surface area contributed by atoms with E-state index in [0.29, 0.717) is 28.5 Å². The van der Waals surface area contributed by atoms with Crippen molar-refractivity contribution < 1.29 is 19.7 Å². The van der Waals surface area contributed by atoms with E-state index in [-0.39, 0.29) is 17.4 Å². The van der Waals surface area contributed by atoms with Gasteiger partial charge in [-0.05, 0) is 49.8 Å². The van der Waals surface area contributed by atoms with Gasteiger partial charge in [-0.3, -0.25) is 0 Å². The minimum atomic E-state index is -1.02. The molecular weight excluding hydrogens is 352 g/mol. The van der Waals surface area contributed by atoms with Gasteiger partial charge in [-0.15, -0.1) is 0 Å². The van der Waals surface area contributed by atoms with Gasteiger partial charge < -0.3 is 14.9 Å². The van der Waals surface area contributed by atoms with Gasteiger partial charge in [0.1, 0.15) is 0 Å². The standard InChI is InChI=1S/C24H24O4/c1-4-18(24(26)27)20-14-21(28-15(2)3)23(25)22-17(11-8-12-19(20)22)13-16-9-6-5-7-10-16/h4-12,14-15,25H,13H2,1-3H3,(H,26,27)/b18-4-. The van der Waals surface area contributed by atoms with Gasteiger partial charge in [0.05, 0.1) is 11.7 Å². The van der Waals surface area contributed by atoms with Crippen LogP contribution in [0.4, 0.5) is 0 Å². The largest absolute Gasteiger partial charge is 0.504 e. The second-order valence-electron chi connectivity index (χ2n) is 6.95. The molecule has 0 saturated heterocycles. The zero-order valence-corrected chi connectivity index (χ0v) is 16.3. The number of carboxylic acids is 1. The molecule has 4 nitrogen and oxygen atoms in total. The summed E-state index contributed by atoms with van der Waals surface area (Å²) in [7, 11) is 0. The van der Waals surface area contributed by atoms with Crippen LogP contribution in [0.15, 0.2) is 60.7 Å². The summed E-state index contributed by atoms with van der Waals surface area (Å²) in [6.45, 7) is 5.43. The number of fused-ring (bicyclic) bond motifs is 1. The Hall–Kier alpha value is -3.27. The number of hydrogen-bond donors (Lipinski definition) is 2. The summed E-state index contributed by atoms with van der Waals surface area (Å²) in [5, 5.41) is 22.0. The van der Waals surface area contributed by atoms with E-state index in [1.54, 1.807) is 19.1 Å². The van der Waals surface area contributed by atoms with Crippen LogP contribution in [0, 0.1) is 0 Å². The van der Waals surface area contributed by atoms with E-state index >= 15 is 0 Å². The van der Waals surface area contributed by atoms with Gasteiger partial charge in [-0.1, -0.05) is 54.6 Å². The maximum Gasteiger partial charge on any atom is 0.335 e. The molecule has 0 aliphatic carbocycles. The number of carboxylic acid groups (broad SMARTS) is 1. The van der Waals surface area contributed by atoms with Crippen molar-refractivity contribution >= 4 is 22.3 Å². The predicted molar refractivity (Wildman–Crippen MR) is 112 cm³/mol. The fraction of sp³-hybridized carbons (Fsp3) is 0.208. The summed E-state index contributed by atoms with van der Waals surface area (Å²) in [6, 6.07) is 17.3. The summed E-state index contributed by atoms with van der Waals surface area (Å²) in [5.74, 6) is -0.683. The molecule has 3 aromatic rings. The fourth-order valence-electron chi connectivity index (χ4n) is 3.43. The third-order valence-corrected chi connectivity index (χ3v) is 4.60. The van der Waals surface area contributed by atoms with Crippen molar-refractivity contribution in [3.63, 3.8) is 0 Å². The fourth-order valence-corrected chi connectivity index (χ4v) is 3.43. The van der Waals surface area contributed by atoms with Crippen LogP contribution in [0.1, 0.15) is 37.5 Å². The Bertz CT molecular complexity index is 1030. The quantitative estimate of drug-likeness (QED) is 0.564. The summed E-state index contributed by atoms with van der Waals surface area (Å²) in [4.78, 5) is 11.8. The SMILES string of the molecule is C/C=C(\C(=O)O)c1cc(OC(C)C)c(O)c2c(Cc3ccccc3)cccc12. The van der Waals surface area contributed by atoms with E-state index in [2.05, 4.69) is 0 Å². The molecule has 3 aromatic carbocycles. The Morgan fingerprint density at radius 1 is 1.11 bits per heavy atom. The highest BCUT2D eigenvalue weighted by Gasteiger charge is 2.21. The monoisotopic (exact) mass is 376 g/mol. The number of hydrogen-bond acceptors (Lipinski definition) is 3. The minimum Gasteiger partial charge on any atom is -0.504 e. The molecule has 3 rings (SSSR count). The Morgan fingerprint density at radius 3 is 2.43 bits per heavy atom. The Morgan fingerprint density at radius 2 is 1.82 bits per heavy atom. The van der Waals surface area contributed by atoms with Crippen LogP contribution >= 0.6 is 0 Å². The molecule has 0 aromatic heterocycles. The number of aromatic hydroxyl groups is 1. The van der Waals surface area contributed by atoms with Crippen molar-refractivity contribution in [2.24, 2.45) is 0 Å². The van der Waals surface area contributed by atoms with E-state index in [0.717, 1.165) is 11.1 Å². The average Bonchev–Trinajstić information content (AvgIpc) is 2.66. The van der Waals surface area contributed by atoms with Gasteiger partial charge in [0.25, 0.3) is 0 Å². The summed E-state index contributed by atoms with van der Waals surface area (Å²) in [6.07, 6.45) is 2.03. The second kappa shape index (κ2) is 8.17. The van der Waals surface area contributed by atoms with E-state index < -0.39 is 5.97 Å². The average molecular weight is 376 g/mol. The maximum absolute atomic E-state index is 11.8. The van der Waals surface area contributed by atoms with E-state index in [9.17, 15) is 15.0 Å². The molecule has 0 radical (unpaired) electrons. The Balaban J connectivity index is 2.30. The van der Waals surface area contributed by atoms with Gasteiger partial charge in [0.2, 0.25) is 0 Å². The number of benzene rings is 3. The second-order valence-corrected chi connectivity index (χ2v) is 6.95. The highest BCUT2D eigenvalue weighted by Crippen LogP contribution is 2.42. The topological polar surface area (TPSA) is 66.8 Å². The number of carbonyl (C=O) groups is 1. The molecule has 0 aliphatic rings. The zero-order chi connectivity index (χ0) is 20.3. The normalized spacial score (nSPS) is 11.8. The molecule has 28 heavy (non-hydrogen) atoms. The van der Waals surface area contributed by atoms with Crippen LogP contribution in [0.25, 0.3) is 16.3 Å². The van der Waals surface area contributed by atoms with Crippen molar-refractivity contribution in [1.29, 1.82) is 0 Å². The summed E-state index contributed by atoms with van der Waals surface area (Å²) in [5.41, 5.74) is 2.73. The molecule has 0 spiro atoms. The molecule has 0 atom stereocenters. The summed E-state index contributed by atoms with van der Waals surface area (Å²) >= 11 is 0. The summed E-state index contributed by atoms with van der Waals surface area (Å²) < 4.78 is 5.80. The molecule has 144 valence electrons. The molecular formula is C24H24O4. The molecule has 0 fully saturated rings. The number of ether oxygens (including phenoxy) is 1. The molecule has 2 N–H and O–H groups in total. The van der Waals surface area contributed by atoms with Crippen molar-refractivity contribution in [2.75, 3.05) is 0 Å². The first-order valence-electron chi connectivity index (χ1n) is 9.30. The van der Waals surface area contributed by atoms with Gasteiger partial charge in [0.15, 0.2) is 11.5 Å². The van der Waals surface area contributed by atoms with Crippen molar-refractivity contribution in [1.82, 2.24) is 0 Å². The third-order valence-electron chi connectivity index (χ3n) is 4.60. The third kappa shape index (κ3) is 3.86. The first-order chi connectivity index (χ1) is 13.4. The van der Waals surface area contributed by atoms with Gasteiger partial charge in [-0.2, -0.15) is 0 Å². The molecule has 0 saturated carbocycles. The van der Waals surface area contributed by atoms with E-state index in [4.69, 9.17) is 4.74 Å². The van der Waals surface area contributed by atoms with Crippen LogP contribution < -0.4 is 4.74 Å². The molecule has 0 bridgehead atoms. The lowest BCUT2D eigenvalue weighted by Gasteiger charge is -2.18. The predicted octanol–water partition coefficient (Wildman–Crippen LogP) is 5.41. The van der Waals surface area contributed by atoms with Gasteiger partial charge in [0, 0.05) is 10.9 Å². The van der Waals surface area contributed by atoms with Gasteiger partial charge in [-0.25, -0.2) is 4.79 Å². The van der Waals surface area contributed by atoms with Crippen LogP contribution in [0.3, 0.4) is 0 Å². The maximum atomic E-state index is 11.8. The van der Waals surface area contributed by atoms with Crippen LogP contribution in [0.2, 0.25) is 0 Å². The number of phenols is 1. The highest BCUT2D eigenvalue weighted by molar-refractivity contribution is 6.20. The minimum absolute atomic E-state index is 0.0415. The molecule has 0 amide bonds. The first-order valence-corrected chi connectivity index (χ1v) is 9.30. The zero-order valence-electron chi connectivity index (χ0n) is 16.3. The van der Waals surface area contributed by atoms with E-state index in [1.165, 1.54) is 0 Å². The van der Waals surface area contributed by atoms with Crippen LogP contribution in [0.5, 0.6) is 11.5 Å². The smallest absolute Gasteiger partial charge is 0.335 e. The van der Waals surface area contributed by atoms with Crippen molar-refractivity contribution in [3.05, 3.63) is 77.4 Å². The lowest BCUT2D eigenvalue weighted by Crippen LogP contribution is -2.08. The number of aliphatic carboxylic acids is 1. The van der Waals surface area contributed by atoms with E-state index in [1.807, 2.05) is 62.4 Å². The van der Waals surface area contributed by atoms with Crippen molar-refractivity contribution in [3.8, 4) is 11.5 Å². The highest BCUT2D eigenvalue weighted by atomic mass is 16.5. The lowest BCUT2D eigenvalue weighted by atomic mass is 9.91.